The first-order valence-corrected chi connectivity index (χ1v) is 11.0. The quantitative estimate of drug-likeness (QED) is 0.578. The third-order valence-corrected chi connectivity index (χ3v) is 6.15. The highest BCUT2D eigenvalue weighted by Crippen LogP contribution is 2.34. The van der Waals surface area contributed by atoms with E-state index in [1.54, 1.807) is 27.0 Å². The monoisotopic (exact) mass is 456 g/mol. The minimum Gasteiger partial charge on any atom is -0.390 e. The molecule has 2 aromatic rings. The molecule has 3 heterocycles. The lowest BCUT2D eigenvalue weighted by molar-refractivity contribution is -0.110. The molecule has 1 aromatic heterocycles. The molecule has 4 rings (SSSR count). The van der Waals surface area contributed by atoms with Crippen molar-refractivity contribution in [2.75, 3.05) is 51.8 Å². The number of nitrogens with one attached hydrogen (secondary N) is 2. The van der Waals surface area contributed by atoms with E-state index in [9.17, 15) is 19.1 Å². The number of amides is 2. The number of carbonyl (C=O) groups excluding carboxylic acids is 2. The van der Waals surface area contributed by atoms with Crippen molar-refractivity contribution in [1.82, 2.24) is 14.8 Å². The van der Waals surface area contributed by atoms with E-state index < -0.39 is 11.9 Å². The van der Waals surface area contributed by atoms with Crippen LogP contribution in [0.15, 0.2) is 18.2 Å². The highest BCUT2D eigenvalue weighted by Gasteiger charge is 2.27. The Morgan fingerprint density at radius 3 is 2.79 bits per heavy atom. The van der Waals surface area contributed by atoms with Gasteiger partial charge in [-0.05, 0) is 43.7 Å². The van der Waals surface area contributed by atoms with E-state index >= 15 is 0 Å². The second-order valence-electron chi connectivity index (χ2n) is 8.62. The van der Waals surface area contributed by atoms with Crippen molar-refractivity contribution in [3.63, 3.8) is 0 Å². The number of benzene rings is 1. The van der Waals surface area contributed by atoms with Crippen LogP contribution in [0.25, 0.3) is 11.6 Å². The van der Waals surface area contributed by atoms with Crippen LogP contribution in [-0.4, -0.2) is 84.2 Å². The number of hydrogen-bond acceptors (Lipinski definition) is 5. The molecule has 2 aliphatic heterocycles. The Morgan fingerprint density at radius 1 is 1.33 bits per heavy atom. The van der Waals surface area contributed by atoms with Crippen LogP contribution in [0, 0.1) is 19.7 Å². The van der Waals surface area contributed by atoms with Gasteiger partial charge in [-0.25, -0.2) is 4.39 Å². The minimum absolute atomic E-state index is 0.200. The molecule has 1 atom stereocenters. The van der Waals surface area contributed by atoms with Crippen LogP contribution < -0.4 is 5.32 Å². The van der Waals surface area contributed by atoms with Crippen molar-refractivity contribution >= 4 is 29.2 Å². The van der Waals surface area contributed by atoms with Gasteiger partial charge < -0.3 is 25.0 Å². The second kappa shape index (κ2) is 9.46. The highest BCUT2D eigenvalue weighted by atomic mass is 19.1. The molecule has 9 heteroatoms. The van der Waals surface area contributed by atoms with Crippen molar-refractivity contribution < 1.29 is 23.8 Å². The molecule has 176 valence electrons. The number of rotatable bonds is 6. The summed E-state index contributed by atoms with van der Waals surface area (Å²) in [4.78, 5) is 32.4. The maximum Gasteiger partial charge on any atom is 0.256 e. The molecular weight excluding hydrogens is 427 g/mol. The number of hydrogen-bond donors (Lipinski definition) is 3. The van der Waals surface area contributed by atoms with Crippen LogP contribution in [0.2, 0.25) is 0 Å². The fraction of sp³-hybridized carbons (Fsp3) is 0.417. The Morgan fingerprint density at radius 2 is 2.06 bits per heavy atom. The van der Waals surface area contributed by atoms with E-state index in [1.165, 1.54) is 23.1 Å². The van der Waals surface area contributed by atoms with Gasteiger partial charge in [0.15, 0.2) is 0 Å². The summed E-state index contributed by atoms with van der Waals surface area (Å²) < 4.78 is 19.1. The molecule has 1 fully saturated rings. The molecule has 1 aromatic carbocycles. The summed E-state index contributed by atoms with van der Waals surface area (Å²) in [5, 5.41) is 13.2. The van der Waals surface area contributed by atoms with Gasteiger partial charge in [0, 0.05) is 55.9 Å². The van der Waals surface area contributed by atoms with Gasteiger partial charge in [-0.15, -0.1) is 0 Å². The molecule has 0 spiro atoms. The van der Waals surface area contributed by atoms with E-state index in [1.807, 2.05) is 0 Å². The Hall–Kier alpha value is -3.01. The van der Waals surface area contributed by atoms with Crippen LogP contribution in [0.5, 0.6) is 0 Å². The number of aryl methyl sites for hydroxylation is 1. The molecule has 33 heavy (non-hydrogen) atoms. The molecule has 0 unspecified atom stereocenters. The number of morpholine rings is 1. The number of aromatic nitrogens is 1. The van der Waals surface area contributed by atoms with Crippen molar-refractivity contribution in [2.24, 2.45) is 0 Å². The van der Waals surface area contributed by atoms with Gasteiger partial charge in [0.2, 0.25) is 0 Å². The number of fused-ring (bicyclic) bond motifs is 1. The average molecular weight is 457 g/mol. The standard InChI is InChI=1S/C24H29FN4O4/c1-14-21(11-19-18-10-16(25)4-5-20(18)27-23(19)31)26-15(2)22(14)24(32)28(3)12-17(30)13-29-6-8-33-9-7-29/h4-5,10-11,17,26,30H,6-9,12-13H2,1-3H3,(H,27,31)/b19-11-/t17-/m1/s1. The number of halogens is 1. The number of aliphatic hydroxyl groups excluding tert-OH is 1. The zero-order valence-electron chi connectivity index (χ0n) is 19.1. The average Bonchev–Trinajstić information content (AvgIpc) is 3.23. The maximum absolute atomic E-state index is 13.7. The van der Waals surface area contributed by atoms with Crippen molar-refractivity contribution in [3.05, 3.63) is 52.1 Å². The van der Waals surface area contributed by atoms with Gasteiger partial charge in [0.05, 0.1) is 30.5 Å². The van der Waals surface area contributed by atoms with E-state index in [2.05, 4.69) is 15.2 Å². The number of anilines is 1. The SMILES string of the molecule is Cc1[nH]c(/C=C2\C(=O)Nc3ccc(F)cc32)c(C)c1C(=O)N(C)C[C@@H](O)CN1CCOCC1. The van der Waals surface area contributed by atoms with Crippen LogP contribution in [0.3, 0.4) is 0 Å². The van der Waals surface area contributed by atoms with E-state index in [-0.39, 0.29) is 18.4 Å². The Balaban J connectivity index is 1.52. The lowest BCUT2D eigenvalue weighted by Crippen LogP contribution is -2.45. The van der Waals surface area contributed by atoms with Crippen molar-refractivity contribution in [2.45, 2.75) is 20.0 Å². The zero-order chi connectivity index (χ0) is 23.7. The lowest BCUT2D eigenvalue weighted by Gasteiger charge is -2.30. The summed E-state index contributed by atoms with van der Waals surface area (Å²) >= 11 is 0. The van der Waals surface area contributed by atoms with Gasteiger partial charge in [0.1, 0.15) is 5.82 Å². The fourth-order valence-electron chi connectivity index (χ4n) is 4.42. The van der Waals surface area contributed by atoms with Gasteiger partial charge in [0.25, 0.3) is 11.8 Å². The van der Waals surface area contributed by atoms with Crippen LogP contribution >= 0.6 is 0 Å². The van der Waals surface area contributed by atoms with E-state index in [0.29, 0.717) is 59.1 Å². The first-order valence-electron chi connectivity index (χ1n) is 11.0. The number of likely N-dealkylation sites (N-methyl/N-ethyl adjacent to an activating group) is 1. The van der Waals surface area contributed by atoms with E-state index in [0.717, 1.165) is 13.1 Å². The molecule has 0 aliphatic carbocycles. The normalized spacial score (nSPS) is 18.3. The van der Waals surface area contributed by atoms with Crippen molar-refractivity contribution in [3.8, 4) is 0 Å². The summed E-state index contributed by atoms with van der Waals surface area (Å²) in [5.41, 5.74) is 3.85. The number of H-pyrrole nitrogens is 1. The molecule has 1 saturated heterocycles. The van der Waals surface area contributed by atoms with E-state index in [4.69, 9.17) is 4.74 Å². The van der Waals surface area contributed by atoms with Crippen LogP contribution in [0.4, 0.5) is 10.1 Å². The summed E-state index contributed by atoms with van der Waals surface area (Å²) in [5.74, 6) is -0.962. The van der Waals surface area contributed by atoms with Gasteiger partial charge in [-0.3, -0.25) is 14.5 Å². The molecule has 0 radical (unpaired) electrons. The number of nitrogens with zero attached hydrogens (tertiary/aromatic N) is 2. The largest absolute Gasteiger partial charge is 0.390 e. The second-order valence-corrected chi connectivity index (χ2v) is 8.62. The van der Waals surface area contributed by atoms with Gasteiger partial charge in [-0.2, -0.15) is 0 Å². The first kappa shape index (κ1) is 23.2. The predicted molar refractivity (Wildman–Crippen MR) is 123 cm³/mol. The van der Waals surface area contributed by atoms with Crippen LogP contribution in [0.1, 0.15) is 32.9 Å². The third kappa shape index (κ3) is 4.85. The number of aliphatic hydroxyl groups is 1. The summed E-state index contributed by atoms with van der Waals surface area (Å²) in [6, 6.07) is 4.15. The summed E-state index contributed by atoms with van der Waals surface area (Å²) in [6.07, 6.45) is 0.972. The zero-order valence-corrected chi connectivity index (χ0v) is 19.1. The number of carbonyl (C=O) groups is 2. The molecule has 2 amide bonds. The van der Waals surface area contributed by atoms with Crippen LogP contribution in [-0.2, 0) is 9.53 Å². The lowest BCUT2D eigenvalue weighted by atomic mass is 10.0. The van der Waals surface area contributed by atoms with Crippen molar-refractivity contribution in [1.29, 1.82) is 0 Å². The molecule has 0 saturated carbocycles. The topological polar surface area (TPSA) is 97.9 Å². The molecule has 3 N–H and O–H groups in total. The van der Waals surface area contributed by atoms with Gasteiger partial charge >= 0.3 is 0 Å². The molecule has 8 nitrogen and oxygen atoms in total. The summed E-state index contributed by atoms with van der Waals surface area (Å²) in [6.45, 7) is 7.11. The molecule has 0 bridgehead atoms. The minimum atomic E-state index is -0.674. The Kier molecular flexibility index (Phi) is 6.64. The van der Waals surface area contributed by atoms with Gasteiger partial charge in [-0.1, -0.05) is 0 Å². The predicted octanol–water partition coefficient (Wildman–Crippen LogP) is 2.03. The Labute approximate surface area is 192 Å². The first-order chi connectivity index (χ1) is 15.7. The number of ether oxygens (including phenoxy) is 1. The third-order valence-electron chi connectivity index (χ3n) is 6.15. The summed E-state index contributed by atoms with van der Waals surface area (Å²) in [7, 11) is 1.67. The number of β-amino-alcohol motifs (C(OH)–C–C–N with tert-alkyl or cyclic N) is 1. The maximum atomic E-state index is 13.7. The highest BCUT2D eigenvalue weighted by molar-refractivity contribution is 6.34. The molecule has 2 aliphatic rings. The fourth-order valence-corrected chi connectivity index (χ4v) is 4.42. The Bertz CT molecular complexity index is 1100. The smallest absolute Gasteiger partial charge is 0.256 e. The number of aromatic amines is 1. The molecular formula is C24H29FN4O4.